The van der Waals surface area contributed by atoms with E-state index in [2.05, 4.69) is 20.9 Å². The minimum absolute atomic E-state index is 0.0872. The van der Waals surface area contributed by atoms with E-state index in [1.165, 1.54) is 6.20 Å². The van der Waals surface area contributed by atoms with Gasteiger partial charge in [-0.2, -0.15) is 0 Å². The molecule has 0 bridgehead atoms. The van der Waals surface area contributed by atoms with Crippen LogP contribution < -0.4 is 31.0 Å². The van der Waals surface area contributed by atoms with Crippen LogP contribution >= 0.6 is 0 Å². The Morgan fingerprint density at radius 1 is 1.08 bits per heavy atom. The van der Waals surface area contributed by atoms with Crippen molar-refractivity contribution in [2.24, 2.45) is 0 Å². The minimum Gasteiger partial charge on any atom is -0.493 e. The second-order valence-corrected chi connectivity index (χ2v) is 9.86. The lowest BCUT2D eigenvalue weighted by Gasteiger charge is -2.35. The number of carboxylic acids is 1. The average molecular weight is 534 g/mol. The second kappa shape index (κ2) is 10.3. The van der Waals surface area contributed by atoms with Crippen LogP contribution in [0.25, 0.3) is 0 Å². The zero-order valence-corrected chi connectivity index (χ0v) is 22.1. The van der Waals surface area contributed by atoms with E-state index in [1.807, 2.05) is 12.1 Å². The Morgan fingerprint density at radius 3 is 2.51 bits per heavy atom. The first-order valence-electron chi connectivity index (χ1n) is 12.8. The van der Waals surface area contributed by atoms with Gasteiger partial charge in [0.2, 0.25) is 0 Å². The molecule has 1 fully saturated rings. The summed E-state index contributed by atoms with van der Waals surface area (Å²) in [4.78, 5) is 42.8. The molecule has 0 saturated heterocycles. The highest BCUT2D eigenvalue weighted by atomic mass is 16.5. The van der Waals surface area contributed by atoms with Gasteiger partial charge in [-0.25, -0.2) is 9.78 Å². The number of fused-ring (bicyclic) bond motifs is 2. The number of carbonyl (C=O) groups excluding carboxylic acids is 1. The molecule has 1 aliphatic carbocycles. The van der Waals surface area contributed by atoms with Crippen LogP contribution in [0.5, 0.6) is 11.5 Å². The molecular formula is C28H31N5O6. The third kappa shape index (κ3) is 4.75. The molecule has 0 radical (unpaired) electrons. The molecule has 5 rings (SSSR count). The maximum Gasteiger partial charge on any atom is 0.339 e. The fraction of sp³-hybridized carbons (Fsp3) is 0.357. The van der Waals surface area contributed by atoms with E-state index in [-0.39, 0.29) is 28.4 Å². The van der Waals surface area contributed by atoms with Gasteiger partial charge in [0.25, 0.3) is 11.5 Å². The van der Waals surface area contributed by atoms with Crippen molar-refractivity contribution in [3.63, 3.8) is 0 Å². The standard InChI is InChI=1S/C28H31N5O6/c1-16-11-20(26(35)33-24(16)25(34)32-28(33)9-5-4-6-10-28)31-19-13-23(30-15-18(19)27(36)37)29-14-17-7-8-21(38-2)22(12-17)39-3/h7-8,11-13,15H,4-6,9-10,14H2,1-3H3,(H,32,34)(H,36,37)(H2,29,30,31). The van der Waals surface area contributed by atoms with Crippen molar-refractivity contribution in [2.45, 2.75) is 51.2 Å². The number of aromatic carboxylic acids is 1. The Labute approximate surface area is 225 Å². The van der Waals surface area contributed by atoms with Crippen LogP contribution in [0.2, 0.25) is 0 Å². The number of rotatable bonds is 8. The van der Waals surface area contributed by atoms with Crippen LogP contribution in [0.3, 0.4) is 0 Å². The molecule has 3 heterocycles. The number of nitrogens with zero attached hydrogens (tertiary/aromatic N) is 2. The normalized spacial score (nSPS) is 15.4. The first-order chi connectivity index (χ1) is 18.8. The summed E-state index contributed by atoms with van der Waals surface area (Å²) in [5.74, 6) is 0.171. The lowest BCUT2D eigenvalue weighted by Crippen LogP contribution is -2.48. The summed E-state index contributed by atoms with van der Waals surface area (Å²) in [7, 11) is 3.13. The molecular weight excluding hydrogens is 502 g/mol. The van der Waals surface area contributed by atoms with E-state index < -0.39 is 11.6 Å². The minimum atomic E-state index is -1.19. The first kappa shape index (κ1) is 26.1. The van der Waals surface area contributed by atoms with E-state index in [9.17, 15) is 19.5 Å². The summed E-state index contributed by atoms with van der Waals surface area (Å²) in [5, 5.41) is 19.1. The van der Waals surface area contributed by atoms with Crippen molar-refractivity contribution >= 4 is 29.1 Å². The SMILES string of the molecule is COc1ccc(CNc2cc(Nc3cc(C)c4n(c3=O)C3(CCCCC3)NC4=O)c(C(=O)O)cn2)cc1OC. The number of pyridine rings is 2. The molecule has 1 spiro atoms. The number of nitrogens with one attached hydrogen (secondary N) is 3. The van der Waals surface area contributed by atoms with Gasteiger partial charge in [0.1, 0.15) is 28.4 Å². The van der Waals surface area contributed by atoms with E-state index in [0.29, 0.717) is 48.0 Å². The Bertz CT molecular complexity index is 1510. The molecule has 2 aliphatic rings. The van der Waals surface area contributed by atoms with Crippen LogP contribution in [-0.2, 0) is 12.2 Å². The molecule has 4 N–H and O–H groups in total. The topological polar surface area (TPSA) is 144 Å². The van der Waals surface area contributed by atoms with Crippen molar-refractivity contribution in [2.75, 3.05) is 24.9 Å². The fourth-order valence-electron chi connectivity index (χ4n) is 5.49. The summed E-state index contributed by atoms with van der Waals surface area (Å²) in [6, 6.07) is 8.66. The average Bonchev–Trinajstić information content (AvgIpc) is 3.21. The predicted octanol–water partition coefficient (Wildman–Crippen LogP) is 3.98. The molecule has 204 valence electrons. The van der Waals surface area contributed by atoms with E-state index in [4.69, 9.17) is 9.47 Å². The molecule has 1 saturated carbocycles. The number of aryl methyl sites for hydroxylation is 1. The summed E-state index contributed by atoms with van der Waals surface area (Å²) in [6.07, 6.45) is 5.46. The van der Waals surface area contributed by atoms with Crippen molar-refractivity contribution in [1.82, 2.24) is 14.9 Å². The number of aromatic nitrogens is 2. The Kier molecular flexibility index (Phi) is 6.90. The zero-order chi connectivity index (χ0) is 27.7. The van der Waals surface area contributed by atoms with Crippen LogP contribution in [0, 0.1) is 6.92 Å². The summed E-state index contributed by atoms with van der Waals surface area (Å²) in [5.41, 5.74) is 1.09. The quantitative estimate of drug-likeness (QED) is 0.338. The lowest BCUT2D eigenvalue weighted by molar-refractivity contribution is 0.0697. The molecule has 1 aromatic carbocycles. The van der Waals surface area contributed by atoms with E-state index in [0.717, 1.165) is 24.8 Å². The number of hydrogen-bond acceptors (Lipinski definition) is 8. The Morgan fingerprint density at radius 2 is 1.82 bits per heavy atom. The smallest absolute Gasteiger partial charge is 0.339 e. The second-order valence-electron chi connectivity index (χ2n) is 9.86. The molecule has 3 aromatic rings. The van der Waals surface area contributed by atoms with Crippen molar-refractivity contribution in [1.29, 1.82) is 0 Å². The molecule has 2 aromatic heterocycles. The molecule has 39 heavy (non-hydrogen) atoms. The lowest BCUT2D eigenvalue weighted by atomic mass is 9.89. The van der Waals surface area contributed by atoms with Gasteiger partial charge in [0.05, 0.1) is 19.9 Å². The van der Waals surface area contributed by atoms with E-state index in [1.54, 1.807) is 43.9 Å². The molecule has 11 nitrogen and oxygen atoms in total. The number of anilines is 3. The van der Waals surface area contributed by atoms with Gasteiger partial charge in [-0.15, -0.1) is 0 Å². The largest absolute Gasteiger partial charge is 0.493 e. The highest BCUT2D eigenvalue weighted by Crippen LogP contribution is 2.37. The molecule has 11 heteroatoms. The van der Waals surface area contributed by atoms with Gasteiger partial charge < -0.3 is 30.5 Å². The third-order valence-corrected chi connectivity index (χ3v) is 7.39. The molecule has 0 unspecified atom stereocenters. The highest BCUT2D eigenvalue weighted by Gasteiger charge is 2.45. The number of benzene rings is 1. The summed E-state index contributed by atoms with van der Waals surface area (Å²) >= 11 is 0. The van der Waals surface area contributed by atoms with Gasteiger partial charge in [-0.05, 0) is 61.9 Å². The van der Waals surface area contributed by atoms with E-state index >= 15 is 0 Å². The van der Waals surface area contributed by atoms with Crippen LogP contribution in [-0.4, -0.2) is 40.8 Å². The summed E-state index contributed by atoms with van der Waals surface area (Å²) in [6.45, 7) is 2.16. The number of carbonyl (C=O) groups is 2. The highest BCUT2D eigenvalue weighted by molar-refractivity contribution is 5.98. The zero-order valence-electron chi connectivity index (χ0n) is 22.1. The first-order valence-corrected chi connectivity index (χ1v) is 12.8. The Hall–Kier alpha value is -4.54. The molecule has 0 atom stereocenters. The van der Waals surface area contributed by atoms with Crippen LogP contribution in [0.1, 0.15) is 64.1 Å². The number of methoxy groups -OCH3 is 2. The molecule has 1 aliphatic heterocycles. The monoisotopic (exact) mass is 533 g/mol. The molecule has 1 amide bonds. The van der Waals surface area contributed by atoms with Crippen molar-refractivity contribution < 1.29 is 24.2 Å². The summed E-state index contributed by atoms with van der Waals surface area (Å²) < 4.78 is 12.2. The Balaban J connectivity index is 1.47. The maximum absolute atomic E-state index is 13.7. The fourth-order valence-corrected chi connectivity index (χ4v) is 5.49. The maximum atomic E-state index is 13.7. The van der Waals surface area contributed by atoms with Gasteiger partial charge >= 0.3 is 5.97 Å². The van der Waals surface area contributed by atoms with Gasteiger partial charge in [0, 0.05) is 18.8 Å². The van der Waals surface area contributed by atoms with Crippen molar-refractivity contribution in [3.8, 4) is 11.5 Å². The third-order valence-electron chi connectivity index (χ3n) is 7.39. The van der Waals surface area contributed by atoms with Crippen molar-refractivity contribution in [3.05, 3.63) is 69.3 Å². The number of ether oxygens (including phenoxy) is 2. The van der Waals surface area contributed by atoms with Gasteiger partial charge in [-0.1, -0.05) is 12.5 Å². The van der Waals surface area contributed by atoms with Crippen LogP contribution in [0.4, 0.5) is 17.2 Å². The van der Waals surface area contributed by atoms with Crippen LogP contribution in [0.15, 0.2) is 41.3 Å². The number of amides is 1. The number of hydrogen-bond donors (Lipinski definition) is 4. The van der Waals surface area contributed by atoms with Gasteiger partial charge in [0.15, 0.2) is 11.5 Å². The number of carboxylic acid groups (broad SMARTS) is 1. The van der Waals surface area contributed by atoms with Gasteiger partial charge in [-0.3, -0.25) is 14.2 Å². The predicted molar refractivity (Wildman–Crippen MR) is 145 cm³/mol.